The van der Waals surface area contributed by atoms with E-state index >= 15 is 0 Å². The predicted octanol–water partition coefficient (Wildman–Crippen LogP) is 1.70. The summed E-state index contributed by atoms with van der Waals surface area (Å²) in [5.41, 5.74) is -0.0168. The van der Waals surface area contributed by atoms with Crippen LogP contribution < -0.4 is 0 Å². The Morgan fingerprint density at radius 2 is 2.05 bits per heavy atom. The van der Waals surface area contributed by atoms with E-state index in [-0.39, 0.29) is 35.9 Å². The highest BCUT2D eigenvalue weighted by Gasteiger charge is 2.38. The molecule has 2 unspecified atom stereocenters. The van der Waals surface area contributed by atoms with E-state index in [1.165, 1.54) is 16.4 Å². The van der Waals surface area contributed by atoms with Crippen LogP contribution in [0.1, 0.15) is 19.4 Å². The molecule has 0 radical (unpaired) electrons. The molecule has 2 atom stereocenters. The molecular weight excluding hydrogens is 296 g/mol. The highest BCUT2D eigenvalue weighted by molar-refractivity contribution is 7.89. The molecule has 1 saturated heterocycles. The smallest absolute Gasteiger partial charge is 0.289 e. The fraction of sp³-hybridized carbons (Fsp3) is 0.538. The quantitative estimate of drug-likeness (QED) is 0.625. The van der Waals surface area contributed by atoms with Crippen molar-refractivity contribution < 1.29 is 18.1 Å². The van der Waals surface area contributed by atoms with Crippen LogP contribution in [0.2, 0.25) is 0 Å². The lowest BCUT2D eigenvalue weighted by Gasteiger charge is -2.35. The summed E-state index contributed by atoms with van der Waals surface area (Å²) in [6, 6.07) is 3.91. The SMILES string of the molecule is Cc1cccc([N+](=O)[O-])c1S(=O)(=O)N1CC(C)OCC1C. The van der Waals surface area contributed by atoms with Gasteiger partial charge in [0.15, 0.2) is 4.90 Å². The van der Waals surface area contributed by atoms with E-state index in [0.29, 0.717) is 5.56 Å². The molecule has 1 aromatic carbocycles. The van der Waals surface area contributed by atoms with Gasteiger partial charge in [-0.05, 0) is 26.3 Å². The molecule has 1 heterocycles. The maximum atomic E-state index is 12.9. The summed E-state index contributed by atoms with van der Waals surface area (Å²) < 4.78 is 32.4. The molecular formula is C13H18N2O5S. The minimum absolute atomic E-state index is 0.189. The Hall–Kier alpha value is -1.51. The first-order valence-corrected chi connectivity index (χ1v) is 8.06. The van der Waals surface area contributed by atoms with Crippen LogP contribution in [0.15, 0.2) is 23.1 Å². The van der Waals surface area contributed by atoms with Crippen molar-refractivity contribution >= 4 is 15.7 Å². The summed E-state index contributed by atoms with van der Waals surface area (Å²) in [5.74, 6) is 0. The minimum atomic E-state index is -3.94. The number of hydrogen-bond acceptors (Lipinski definition) is 5. The number of nitro benzene ring substituents is 1. The standard InChI is InChI=1S/C13H18N2O5S/c1-9-5-4-6-12(15(16)17)13(9)21(18,19)14-7-11(3)20-8-10(14)2/h4-6,10-11H,7-8H2,1-3H3. The molecule has 0 aliphatic carbocycles. The van der Waals surface area contributed by atoms with Gasteiger partial charge in [-0.25, -0.2) is 8.42 Å². The van der Waals surface area contributed by atoms with Crippen LogP contribution in [-0.4, -0.2) is 42.9 Å². The molecule has 1 aromatic rings. The summed E-state index contributed by atoms with van der Waals surface area (Å²) in [7, 11) is -3.94. The molecule has 0 bridgehead atoms. The third-order valence-corrected chi connectivity index (χ3v) is 5.68. The lowest BCUT2D eigenvalue weighted by molar-refractivity contribution is -0.388. The van der Waals surface area contributed by atoms with Crippen molar-refractivity contribution in [1.82, 2.24) is 4.31 Å². The molecule has 0 amide bonds. The van der Waals surface area contributed by atoms with Gasteiger partial charge >= 0.3 is 0 Å². The van der Waals surface area contributed by atoms with E-state index in [1.54, 1.807) is 26.8 Å². The fourth-order valence-corrected chi connectivity index (χ4v) is 4.50. The number of nitrogens with zero attached hydrogens (tertiary/aromatic N) is 2. The summed E-state index contributed by atoms with van der Waals surface area (Å²) in [5, 5.41) is 11.1. The van der Waals surface area contributed by atoms with Gasteiger partial charge in [-0.3, -0.25) is 10.1 Å². The number of ether oxygens (including phenoxy) is 1. The molecule has 0 aromatic heterocycles. The van der Waals surface area contributed by atoms with Gasteiger partial charge in [0.1, 0.15) is 0 Å². The normalized spacial score (nSPS) is 24.0. The molecule has 1 fully saturated rings. The largest absolute Gasteiger partial charge is 0.375 e. The van der Waals surface area contributed by atoms with E-state index in [1.807, 2.05) is 0 Å². The van der Waals surface area contributed by atoms with Gasteiger partial charge in [0, 0.05) is 18.7 Å². The van der Waals surface area contributed by atoms with Gasteiger partial charge in [-0.2, -0.15) is 4.31 Å². The van der Waals surface area contributed by atoms with Gasteiger partial charge in [0.25, 0.3) is 15.7 Å². The van der Waals surface area contributed by atoms with Gasteiger partial charge < -0.3 is 4.74 Å². The number of nitro groups is 1. The number of benzene rings is 1. The number of sulfonamides is 1. The second kappa shape index (κ2) is 5.70. The molecule has 0 saturated carbocycles. The van der Waals surface area contributed by atoms with Crippen molar-refractivity contribution in [3.05, 3.63) is 33.9 Å². The van der Waals surface area contributed by atoms with Gasteiger partial charge in [0.2, 0.25) is 0 Å². The van der Waals surface area contributed by atoms with E-state index in [9.17, 15) is 18.5 Å². The maximum absolute atomic E-state index is 12.9. The van der Waals surface area contributed by atoms with E-state index in [0.717, 1.165) is 0 Å². The van der Waals surface area contributed by atoms with Crippen molar-refractivity contribution in [3.63, 3.8) is 0 Å². The fourth-order valence-electron chi connectivity index (χ4n) is 2.44. The average molecular weight is 314 g/mol. The Morgan fingerprint density at radius 3 is 2.67 bits per heavy atom. The van der Waals surface area contributed by atoms with Crippen molar-refractivity contribution in [2.45, 2.75) is 37.8 Å². The van der Waals surface area contributed by atoms with Crippen LogP contribution in [0.25, 0.3) is 0 Å². The summed E-state index contributed by atoms with van der Waals surface area (Å²) in [4.78, 5) is 10.3. The second-order valence-electron chi connectivity index (χ2n) is 5.25. The Labute approximate surface area is 123 Å². The van der Waals surface area contributed by atoms with Crippen LogP contribution in [-0.2, 0) is 14.8 Å². The summed E-state index contributed by atoms with van der Waals surface area (Å²) >= 11 is 0. The van der Waals surface area contributed by atoms with E-state index in [4.69, 9.17) is 4.74 Å². The summed E-state index contributed by atoms with van der Waals surface area (Å²) in [6.45, 7) is 5.54. The molecule has 8 heteroatoms. The van der Waals surface area contributed by atoms with Crippen LogP contribution in [0.3, 0.4) is 0 Å². The Kier molecular flexibility index (Phi) is 4.31. The zero-order chi connectivity index (χ0) is 15.8. The van der Waals surface area contributed by atoms with Crippen molar-refractivity contribution in [3.8, 4) is 0 Å². The third-order valence-electron chi connectivity index (χ3n) is 3.51. The number of hydrogen-bond donors (Lipinski definition) is 0. The van der Waals surface area contributed by atoms with Gasteiger partial charge in [0.05, 0.1) is 17.6 Å². The highest BCUT2D eigenvalue weighted by Crippen LogP contribution is 2.31. The van der Waals surface area contributed by atoms with Crippen LogP contribution in [0.5, 0.6) is 0 Å². The predicted molar refractivity (Wildman–Crippen MR) is 76.6 cm³/mol. The van der Waals surface area contributed by atoms with Crippen LogP contribution >= 0.6 is 0 Å². The topological polar surface area (TPSA) is 89.8 Å². The Balaban J connectivity index is 2.56. The summed E-state index contributed by atoms with van der Waals surface area (Å²) in [6.07, 6.45) is -0.237. The molecule has 1 aliphatic heterocycles. The maximum Gasteiger partial charge on any atom is 0.289 e. The first-order valence-electron chi connectivity index (χ1n) is 6.62. The van der Waals surface area contributed by atoms with Crippen molar-refractivity contribution in [2.24, 2.45) is 0 Å². The number of rotatable bonds is 3. The zero-order valence-corrected chi connectivity index (χ0v) is 13.0. The second-order valence-corrected chi connectivity index (χ2v) is 7.08. The van der Waals surface area contributed by atoms with Crippen molar-refractivity contribution in [1.29, 1.82) is 0 Å². The molecule has 116 valence electrons. The first kappa shape index (κ1) is 15.9. The highest BCUT2D eigenvalue weighted by atomic mass is 32.2. The first-order chi connectivity index (χ1) is 9.75. The Morgan fingerprint density at radius 1 is 1.38 bits per heavy atom. The Bertz CT molecular complexity index is 659. The van der Waals surface area contributed by atoms with Gasteiger partial charge in [-0.1, -0.05) is 12.1 Å². The molecule has 2 rings (SSSR count). The molecule has 1 aliphatic rings. The molecule has 0 spiro atoms. The minimum Gasteiger partial charge on any atom is -0.375 e. The average Bonchev–Trinajstić information content (AvgIpc) is 2.40. The van der Waals surface area contributed by atoms with E-state index in [2.05, 4.69) is 0 Å². The van der Waals surface area contributed by atoms with Gasteiger partial charge in [-0.15, -0.1) is 0 Å². The van der Waals surface area contributed by atoms with Crippen LogP contribution in [0, 0.1) is 17.0 Å². The molecule has 21 heavy (non-hydrogen) atoms. The van der Waals surface area contributed by atoms with E-state index < -0.39 is 14.9 Å². The lowest BCUT2D eigenvalue weighted by atomic mass is 10.2. The monoisotopic (exact) mass is 314 g/mol. The third kappa shape index (κ3) is 2.92. The van der Waals surface area contributed by atoms with Crippen LogP contribution in [0.4, 0.5) is 5.69 Å². The molecule has 0 N–H and O–H groups in total. The molecule has 7 nitrogen and oxygen atoms in total. The lowest BCUT2D eigenvalue weighted by Crippen LogP contribution is -2.50. The number of aryl methyl sites for hydroxylation is 1. The number of morpholine rings is 1. The van der Waals surface area contributed by atoms with Crippen molar-refractivity contribution in [2.75, 3.05) is 13.2 Å². The zero-order valence-electron chi connectivity index (χ0n) is 12.1.